The molecule has 0 saturated carbocycles. The number of halogens is 3. The highest BCUT2D eigenvalue weighted by molar-refractivity contribution is 6.46. The summed E-state index contributed by atoms with van der Waals surface area (Å²) in [6.07, 6.45) is -1.61. The Labute approximate surface area is 131 Å². The molecule has 1 heterocycles. The number of hydrazone groups is 1. The van der Waals surface area contributed by atoms with Gasteiger partial charge in [0.15, 0.2) is 5.84 Å². The van der Waals surface area contributed by atoms with Crippen LogP contribution in [0.1, 0.15) is 24.8 Å². The maximum atomic E-state index is 12.9. The average molecular weight is 323 g/mol. The van der Waals surface area contributed by atoms with Crippen molar-refractivity contribution < 1.29 is 13.2 Å². The van der Waals surface area contributed by atoms with Crippen LogP contribution in [0.25, 0.3) is 0 Å². The van der Waals surface area contributed by atoms with Gasteiger partial charge in [0.2, 0.25) is 5.71 Å². The quantitative estimate of drug-likeness (QED) is 0.508. The van der Waals surface area contributed by atoms with Gasteiger partial charge in [0.1, 0.15) is 6.07 Å². The van der Waals surface area contributed by atoms with Crippen molar-refractivity contribution in [2.45, 2.75) is 25.4 Å². The monoisotopic (exact) mass is 323 g/mol. The number of benzene rings is 1. The van der Waals surface area contributed by atoms with Gasteiger partial charge < -0.3 is 4.90 Å². The summed E-state index contributed by atoms with van der Waals surface area (Å²) in [5, 5.41) is 20.8. The lowest BCUT2D eigenvalue weighted by Gasteiger charge is -2.28. The normalized spacial score (nSPS) is 15.9. The molecule has 1 aliphatic rings. The number of amidine groups is 1. The summed E-state index contributed by atoms with van der Waals surface area (Å²) in [7, 11) is 0. The Morgan fingerprint density at radius 2 is 1.87 bits per heavy atom. The molecule has 8 heteroatoms. The Morgan fingerprint density at radius 1 is 1.22 bits per heavy atom. The summed E-state index contributed by atoms with van der Waals surface area (Å²) >= 11 is 0. The van der Waals surface area contributed by atoms with Gasteiger partial charge in [-0.25, -0.2) is 0 Å². The van der Waals surface area contributed by atoms with Crippen molar-refractivity contribution in [3.8, 4) is 6.07 Å². The van der Waals surface area contributed by atoms with Gasteiger partial charge in [0, 0.05) is 13.1 Å². The zero-order valence-corrected chi connectivity index (χ0v) is 12.3. The first-order chi connectivity index (χ1) is 10.9. The molecule has 0 aromatic heterocycles. The molecule has 23 heavy (non-hydrogen) atoms. The molecule has 0 unspecified atom stereocenters. The maximum Gasteiger partial charge on any atom is 0.418 e. The molecule has 0 aliphatic carbocycles. The zero-order chi connectivity index (χ0) is 16.9. The van der Waals surface area contributed by atoms with Crippen molar-refractivity contribution in [3.05, 3.63) is 29.8 Å². The van der Waals surface area contributed by atoms with Crippen LogP contribution >= 0.6 is 0 Å². The van der Waals surface area contributed by atoms with E-state index in [0.29, 0.717) is 13.1 Å². The van der Waals surface area contributed by atoms with Crippen LogP contribution in [-0.2, 0) is 6.18 Å². The maximum absolute atomic E-state index is 12.9. The Morgan fingerprint density at radius 3 is 2.48 bits per heavy atom. The van der Waals surface area contributed by atoms with Gasteiger partial charge in [-0.15, -0.1) is 0 Å². The van der Waals surface area contributed by atoms with E-state index in [1.807, 2.05) is 0 Å². The van der Waals surface area contributed by atoms with E-state index in [9.17, 15) is 13.2 Å². The number of hydrogen-bond donors (Lipinski definition) is 2. The zero-order valence-electron chi connectivity index (χ0n) is 12.3. The molecule has 0 radical (unpaired) electrons. The topological polar surface area (TPSA) is 75.3 Å². The fourth-order valence-corrected chi connectivity index (χ4v) is 2.34. The summed E-state index contributed by atoms with van der Waals surface area (Å²) in [6.45, 7) is 1.30. The number of likely N-dealkylation sites (tertiary alicyclic amines) is 1. The van der Waals surface area contributed by atoms with Gasteiger partial charge >= 0.3 is 6.18 Å². The van der Waals surface area contributed by atoms with Crippen molar-refractivity contribution in [2.75, 3.05) is 18.5 Å². The highest BCUT2D eigenvalue weighted by Gasteiger charge is 2.33. The third-order valence-electron chi connectivity index (χ3n) is 3.52. The molecule has 1 aromatic carbocycles. The molecule has 1 fully saturated rings. The van der Waals surface area contributed by atoms with E-state index >= 15 is 0 Å². The van der Waals surface area contributed by atoms with E-state index in [2.05, 4.69) is 10.5 Å². The summed E-state index contributed by atoms with van der Waals surface area (Å²) < 4.78 is 38.7. The van der Waals surface area contributed by atoms with Crippen LogP contribution in [0.2, 0.25) is 0 Å². The van der Waals surface area contributed by atoms with E-state index in [4.69, 9.17) is 10.7 Å². The molecule has 0 amide bonds. The minimum Gasteiger partial charge on any atom is -0.355 e. The summed E-state index contributed by atoms with van der Waals surface area (Å²) in [5.41, 5.74) is 0.916. The van der Waals surface area contributed by atoms with Gasteiger partial charge in [0.05, 0.1) is 11.3 Å². The smallest absolute Gasteiger partial charge is 0.355 e. The number of nitriles is 1. The number of para-hydroxylation sites is 1. The Kier molecular flexibility index (Phi) is 5.21. The Bertz CT molecular complexity index is 639. The van der Waals surface area contributed by atoms with E-state index in [0.717, 1.165) is 25.3 Å². The van der Waals surface area contributed by atoms with Crippen molar-refractivity contribution >= 4 is 17.2 Å². The van der Waals surface area contributed by atoms with Gasteiger partial charge in [-0.1, -0.05) is 12.1 Å². The second-order valence-corrected chi connectivity index (χ2v) is 5.12. The lowest BCUT2D eigenvalue weighted by Crippen LogP contribution is -2.39. The number of nitrogens with zero attached hydrogens (tertiary/aromatic N) is 3. The minimum absolute atomic E-state index is 0.0656. The summed E-state index contributed by atoms with van der Waals surface area (Å²) in [5.74, 6) is -0.0656. The van der Waals surface area contributed by atoms with Gasteiger partial charge in [-0.05, 0) is 31.4 Å². The molecule has 1 aliphatic heterocycles. The lowest BCUT2D eigenvalue weighted by atomic mass is 10.1. The highest BCUT2D eigenvalue weighted by Crippen LogP contribution is 2.34. The summed E-state index contributed by atoms with van der Waals surface area (Å²) in [4.78, 5) is 1.71. The second-order valence-electron chi connectivity index (χ2n) is 5.12. The van der Waals surface area contributed by atoms with Gasteiger partial charge in [0.25, 0.3) is 0 Å². The number of anilines is 1. The third kappa shape index (κ3) is 4.22. The van der Waals surface area contributed by atoms with Gasteiger partial charge in [-0.2, -0.15) is 23.5 Å². The predicted octanol–water partition coefficient (Wildman–Crippen LogP) is 3.46. The van der Waals surface area contributed by atoms with Crippen LogP contribution in [0.3, 0.4) is 0 Å². The molecule has 0 atom stereocenters. The van der Waals surface area contributed by atoms with Crippen LogP contribution in [0.5, 0.6) is 0 Å². The van der Waals surface area contributed by atoms with Crippen molar-refractivity contribution in [1.29, 1.82) is 10.7 Å². The highest BCUT2D eigenvalue weighted by atomic mass is 19.4. The predicted molar refractivity (Wildman–Crippen MR) is 81.3 cm³/mol. The molecule has 122 valence electrons. The first-order valence-corrected chi connectivity index (χ1v) is 7.17. The molecule has 1 saturated heterocycles. The number of rotatable bonds is 3. The lowest BCUT2D eigenvalue weighted by molar-refractivity contribution is -0.136. The molecule has 1 aromatic rings. The van der Waals surface area contributed by atoms with Crippen molar-refractivity contribution in [1.82, 2.24) is 4.90 Å². The third-order valence-corrected chi connectivity index (χ3v) is 3.52. The number of hydrogen-bond acceptors (Lipinski definition) is 4. The minimum atomic E-state index is -4.52. The number of piperidine rings is 1. The average Bonchev–Trinajstić information content (AvgIpc) is 2.55. The standard InChI is InChI=1S/C15H16F3N5/c16-15(17,18)11-6-2-3-7-12(11)21-22-13(10-19)14(20)23-8-4-1-5-9-23/h2-3,6-7,20-21H,1,4-5,8-9H2/b20-14?,22-13-. The first kappa shape index (κ1) is 16.8. The first-order valence-electron chi connectivity index (χ1n) is 7.17. The molecule has 5 nitrogen and oxygen atoms in total. The van der Waals surface area contributed by atoms with Crippen LogP contribution in [0.4, 0.5) is 18.9 Å². The van der Waals surface area contributed by atoms with Crippen LogP contribution in [0, 0.1) is 16.7 Å². The molecule has 0 spiro atoms. The van der Waals surface area contributed by atoms with Crippen molar-refractivity contribution in [3.63, 3.8) is 0 Å². The SMILES string of the molecule is N#C/C(=N/Nc1ccccc1C(F)(F)F)C(=N)N1CCCCC1. The molecule has 2 N–H and O–H groups in total. The molecular weight excluding hydrogens is 307 g/mol. The van der Waals surface area contributed by atoms with Crippen LogP contribution in [-0.4, -0.2) is 29.5 Å². The van der Waals surface area contributed by atoms with Crippen molar-refractivity contribution in [2.24, 2.45) is 5.10 Å². The molecule has 2 rings (SSSR count). The fourth-order valence-electron chi connectivity index (χ4n) is 2.34. The number of nitrogens with one attached hydrogen (secondary N) is 2. The largest absolute Gasteiger partial charge is 0.418 e. The Balaban J connectivity index is 2.17. The fraction of sp³-hybridized carbons (Fsp3) is 0.400. The second kappa shape index (κ2) is 7.13. The number of alkyl halides is 3. The van der Waals surface area contributed by atoms with E-state index < -0.39 is 11.7 Å². The van der Waals surface area contributed by atoms with Crippen LogP contribution < -0.4 is 5.43 Å². The van der Waals surface area contributed by atoms with E-state index in [1.54, 1.807) is 11.0 Å². The molecular formula is C15H16F3N5. The van der Waals surface area contributed by atoms with E-state index in [-0.39, 0.29) is 17.2 Å². The van der Waals surface area contributed by atoms with Crippen LogP contribution in [0.15, 0.2) is 29.4 Å². The summed E-state index contributed by atoms with van der Waals surface area (Å²) in [6, 6.07) is 6.64. The Hall–Kier alpha value is -2.56. The van der Waals surface area contributed by atoms with Gasteiger partial charge in [-0.3, -0.25) is 10.8 Å². The van der Waals surface area contributed by atoms with E-state index in [1.165, 1.54) is 18.2 Å². The molecule has 0 bridgehead atoms.